The number of aryl methyl sites for hydroxylation is 1. The summed E-state index contributed by atoms with van der Waals surface area (Å²) in [5, 5.41) is 0. The summed E-state index contributed by atoms with van der Waals surface area (Å²) >= 11 is 0. The zero-order chi connectivity index (χ0) is 19.0. The third kappa shape index (κ3) is 3.18. The van der Waals surface area contributed by atoms with Gasteiger partial charge in [-0.15, -0.1) is 0 Å². The van der Waals surface area contributed by atoms with Crippen molar-refractivity contribution in [2.24, 2.45) is 5.73 Å². The molecule has 1 unspecified atom stereocenters. The first kappa shape index (κ1) is 17.6. The summed E-state index contributed by atoms with van der Waals surface area (Å²) < 4.78 is 0. The molecule has 5 heteroatoms. The van der Waals surface area contributed by atoms with E-state index < -0.39 is 5.91 Å². The number of nitrogens with zero attached hydrogens (tertiary/aromatic N) is 2. The Kier molecular flexibility index (Phi) is 4.60. The maximum Gasteiger partial charge on any atom is 0.249 e. The number of carbonyl (C=O) groups is 2. The van der Waals surface area contributed by atoms with Gasteiger partial charge in [0.1, 0.15) is 0 Å². The molecule has 0 spiro atoms. The molecule has 0 aliphatic carbocycles. The van der Waals surface area contributed by atoms with Crippen LogP contribution in [0, 0.1) is 0 Å². The molecule has 5 nitrogen and oxygen atoms in total. The van der Waals surface area contributed by atoms with Crippen LogP contribution in [0.5, 0.6) is 0 Å². The molecule has 2 aromatic rings. The van der Waals surface area contributed by atoms with Crippen LogP contribution in [0.25, 0.3) is 0 Å². The van der Waals surface area contributed by atoms with Gasteiger partial charge in [0.05, 0.1) is 6.54 Å². The third-order valence-electron chi connectivity index (χ3n) is 5.73. The third-order valence-corrected chi connectivity index (χ3v) is 5.73. The minimum absolute atomic E-state index is 0.104. The Hall–Kier alpha value is -2.82. The van der Waals surface area contributed by atoms with E-state index in [0.29, 0.717) is 12.1 Å². The van der Waals surface area contributed by atoms with Gasteiger partial charge in [-0.3, -0.25) is 9.59 Å². The van der Waals surface area contributed by atoms with Crippen LogP contribution in [0.1, 0.15) is 41.3 Å². The zero-order valence-corrected chi connectivity index (χ0v) is 15.6. The molecule has 1 atom stereocenters. The number of para-hydroxylation sites is 1. The SMILES string of the molecule is CC1CCc2ccccc2N1C(=O)CN1CCCc2c(C(N)=O)cccc21. The smallest absolute Gasteiger partial charge is 0.249 e. The number of hydrogen-bond donors (Lipinski definition) is 1. The highest BCUT2D eigenvalue weighted by atomic mass is 16.2. The van der Waals surface area contributed by atoms with Gasteiger partial charge in [0, 0.05) is 29.5 Å². The molecule has 2 aliphatic heterocycles. The van der Waals surface area contributed by atoms with Gasteiger partial charge in [0.25, 0.3) is 0 Å². The number of hydrogen-bond acceptors (Lipinski definition) is 3. The first-order valence-corrected chi connectivity index (χ1v) is 9.63. The van der Waals surface area contributed by atoms with Gasteiger partial charge >= 0.3 is 0 Å². The summed E-state index contributed by atoms with van der Waals surface area (Å²) in [6.07, 6.45) is 3.72. The summed E-state index contributed by atoms with van der Waals surface area (Å²) in [6, 6.07) is 14.0. The summed E-state index contributed by atoms with van der Waals surface area (Å²) in [4.78, 5) is 29.1. The monoisotopic (exact) mass is 363 g/mol. The quantitative estimate of drug-likeness (QED) is 0.912. The number of carbonyl (C=O) groups excluding carboxylic acids is 2. The zero-order valence-electron chi connectivity index (χ0n) is 15.6. The average Bonchev–Trinajstić information content (AvgIpc) is 2.67. The number of nitrogens with two attached hydrogens (primary N) is 1. The van der Waals surface area contributed by atoms with Crippen LogP contribution in [0.2, 0.25) is 0 Å². The minimum atomic E-state index is -0.404. The van der Waals surface area contributed by atoms with Crippen LogP contribution in [0.15, 0.2) is 42.5 Å². The Bertz CT molecular complexity index is 893. The van der Waals surface area contributed by atoms with Crippen LogP contribution in [-0.4, -0.2) is 30.9 Å². The minimum Gasteiger partial charge on any atom is -0.366 e. The fraction of sp³-hybridized carbons (Fsp3) is 0.364. The van der Waals surface area contributed by atoms with E-state index in [1.165, 1.54) is 5.56 Å². The van der Waals surface area contributed by atoms with Crippen molar-refractivity contribution in [3.05, 3.63) is 59.2 Å². The number of amides is 2. The van der Waals surface area contributed by atoms with E-state index in [-0.39, 0.29) is 11.9 Å². The standard InChI is InChI=1S/C22H25N3O2/c1-15-11-12-16-6-2-3-9-19(16)25(15)21(26)14-24-13-5-8-17-18(22(23)27)7-4-10-20(17)24/h2-4,6-7,9-10,15H,5,8,11-14H2,1H3,(H2,23,27). The van der Waals surface area contributed by atoms with Crippen LogP contribution in [-0.2, 0) is 17.6 Å². The summed E-state index contributed by atoms with van der Waals surface area (Å²) in [5.41, 5.74) is 10.3. The van der Waals surface area contributed by atoms with Gasteiger partial charge in [-0.1, -0.05) is 24.3 Å². The summed E-state index contributed by atoms with van der Waals surface area (Å²) in [5.74, 6) is -0.300. The van der Waals surface area contributed by atoms with E-state index in [1.807, 2.05) is 35.2 Å². The molecule has 27 heavy (non-hydrogen) atoms. The number of benzene rings is 2. The Morgan fingerprint density at radius 2 is 1.85 bits per heavy atom. The average molecular weight is 363 g/mol. The van der Waals surface area contributed by atoms with Crippen molar-refractivity contribution < 1.29 is 9.59 Å². The fourth-order valence-electron chi connectivity index (χ4n) is 4.40. The molecule has 2 N–H and O–H groups in total. The molecule has 0 bridgehead atoms. The number of anilines is 2. The van der Waals surface area contributed by atoms with E-state index in [2.05, 4.69) is 17.9 Å². The molecule has 2 aliphatic rings. The second-order valence-corrected chi connectivity index (χ2v) is 7.47. The van der Waals surface area contributed by atoms with Crippen LogP contribution in [0.3, 0.4) is 0 Å². The van der Waals surface area contributed by atoms with Gasteiger partial charge in [-0.2, -0.15) is 0 Å². The Morgan fingerprint density at radius 1 is 1.07 bits per heavy atom. The van der Waals surface area contributed by atoms with Crippen molar-refractivity contribution in [2.75, 3.05) is 22.9 Å². The van der Waals surface area contributed by atoms with Crippen molar-refractivity contribution in [1.82, 2.24) is 0 Å². The van der Waals surface area contributed by atoms with Gasteiger partial charge in [0.15, 0.2) is 0 Å². The fourth-order valence-corrected chi connectivity index (χ4v) is 4.40. The lowest BCUT2D eigenvalue weighted by molar-refractivity contribution is -0.117. The van der Waals surface area contributed by atoms with Gasteiger partial charge in [-0.25, -0.2) is 0 Å². The van der Waals surface area contributed by atoms with Crippen molar-refractivity contribution in [1.29, 1.82) is 0 Å². The molecule has 2 heterocycles. The molecule has 4 rings (SSSR count). The topological polar surface area (TPSA) is 66.6 Å². The van der Waals surface area contributed by atoms with Crippen molar-refractivity contribution >= 4 is 23.2 Å². The second kappa shape index (κ2) is 7.06. The maximum absolute atomic E-state index is 13.3. The van der Waals surface area contributed by atoms with Crippen LogP contribution in [0.4, 0.5) is 11.4 Å². The number of rotatable bonds is 3. The normalized spacial score (nSPS) is 18.6. The first-order valence-electron chi connectivity index (χ1n) is 9.63. The molecular formula is C22H25N3O2. The number of primary amides is 1. The summed E-state index contributed by atoms with van der Waals surface area (Å²) in [7, 11) is 0. The van der Waals surface area contributed by atoms with Crippen molar-refractivity contribution in [3.8, 4) is 0 Å². The molecule has 0 saturated heterocycles. The molecule has 0 radical (unpaired) electrons. The Morgan fingerprint density at radius 3 is 2.67 bits per heavy atom. The molecule has 0 aromatic heterocycles. The Balaban J connectivity index is 1.62. The van der Waals surface area contributed by atoms with E-state index >= 15 is 0 Å². The molecular weight excluding hydrogens is 338 g/mol. The molecule has 0 saturated carbocycles. The van der Waals surface area contributed by atoms with E-state index in [0.717, 1.165) is 49.2 Å². The summed E-state index contributed by atoms with van der Waals surface area (Å²) in [6.45, 7) is 3.24. The second-order valence-electron chi connectivity index (χ2n) is 7.47. The van der Waals surface area contributed by atoms with Crippen LogP contribution >= 0.6 is 0 Å². The van der Waals surface area contributed by atoms with Gasteiger partial charge in [0.2, 0.25) is 11.8 Å². The van der Waals surface area contributed by atoms with Gasteiger partial charge < -0.3 is 15.5 Å². The Labute approximate surface area is 159 Å². The van der Waals surface area contributed by atoms with Crippen molar-refractivity contribution in [3.63, 3.8) is 0 Å². The largest absolute Gasteiger partial charge is 0.366 e. The highest BCUT2D eigenvalue weighted by molar-refractivity contribution is 5.99. The lowest BCUT2D eigenvalue weighted by atomic mass is 9.95. The molecule has 2 aromatic carbocycles. The maximum atomic E-state index is 13.3. The van der Waals surface area contributed by atoms with Crippen LogP contribution < -0.4 is 15.5 Å². The lowest BCUT2D eigenvalue weighted by Gasteiger charge is -2.38. The highest BCUT2D eigenvalue weighted by Crippen LogP contribution is 2.33. The predicted octanol–water partition coefficient (Wildman–Crippen LogP) is 2.91. The highest BCUT2D eigenvalue weighted by Gasteiger charge is 2.30. The van der Waals surface area contributed by atoms with Crippen molar-refractivity contribution in [2.45, 2.75) is 38.6 Å². The number of fused-ring (bicyclic) bond motifs is 2. The first-order chi connectivity index (χ1) is 13.1. The molecule has 0 fully saturated rings. The van der Waals surface area contributed by atoms with E-state index in [4.69, 9.17) is 5.73 Å². The molecule has 2 amide bonds. The lowest BCUT2D eigenvalue weighted by Crippen LogP contribution is -2.48. The van der Waals surface area contributed by atoms with E-state index in [1.54, 1.807) is 6.07 Å². The van der Waals surface area contributed by atoms with Gasteiger partial charge in [-0.05, 0) is 61.9 Å². The predicted molar refractivity (Wildman–Crippen MR) is 107 cm³/mol. The molecule has 140 valence electrons. The van der Waals surface area contributed by atoms with E-state index in [9.17, 15) is 9.59 Å².